The van der Waals surface area contributed by atoms with E-state index in [1.165, 1.54) is 0 Å². The SMILES string of the molecule is O=S1(=O)CCC(CCNS(=O)(=O)c2c(F)c(F)c(F)c(F)c2F)CC1. The van der Waals surface area contributed by atoms with E-state index in [0.717, 1.165) is 0 Å². The van der Waals surface area contributed by atoms with Crippen LogP contribution >= 0.6 is 0 Å². The highest BCUT2D eigenvalue weighted by Crippen LogP contribution is 2.27. The second-order valence-electron chi connectivity index (χ2n) is 5.68. The molecule has 0 amide bonds. The summed E-state index contributed by atoms with van der Waals surface area (Å²) in [6.45, 7) is -0.327. The van der Waals surface area contributed by atoms with E-state index in [2.05, 4.69) is 0 Å². The first-order valence-electron chi connectivity index (χ1n) is 7.18. The zero-order valence-electron chi connectivity index (χ0n) is 12.7. The molecule has 1 aliphatic heterocycles. The average Bonchev–Trinajstić information content (AvgIpc) is 2.52. The van der Waals surface area contributed by atoms with Gasteiger partial charge in [0, 0.05) is 6.54 Å². The van der Waals surface area contributed by atoms with E-state index in [1.807, 2.05) is 0 Å². The fourth-order valence-corrected chi connectivity index (χ4v) is 5.29. The van der Waals surface area contributed by atoms with Crippen LogP contribution in [0.3, 0.4) is 0 Å². The van der Waals surface area contributed by atoms with Gasteiger partial charge in [-0.1, -0.05) is 0 Å². The summed E-state index contributed by atoms with van der Waals surface area (Å²) in [7, 11) is -8.07. The summed E-state index contributed by atoms with van der Waals surface area (Å²) in [6.07, 6.45) is 0.795. The lowest BCUT2D eigenvalue weighted by Gasteiger charge is -2.21. The van der Waals surface area contributed by atoms with Gasteiger partial charge in [0.15, 0.2) is 28.2 Å². The van der Waals surface area contributed by atoms with Crippen LogP contribution in [0.25, 0.3) is 0 Å². The Morgan fingerprint density at radius 1 is 0.880 bits per heavy atom. The molecular weight excluding hydrogens is 393 g/mol. The third-order valence-electron chi connectivity index (χ3n) is 3.96. The summed E-state index contributed by atoms with van der Waals surface area (Å²) >= 11 is 0. The van der Waals surface area contributed by atoms with Crippen LogP contribution in [-0.2, 0) is 19.9 Å². The molecule has 1 saturated heterocycles. The Bertz CT molecular complexity index is 843. The summed E-state index contributed by atoms with van der Waals surface area (Å²) in [6, 6.07) is 0. The van der Waals surface area contributed by atoms with Crippen molar-refractivity contribution in [2.24, 2.45) is 5.92 Å². The van der Waals surface area contributed by atoms with Gasteiger partial charge in [0.2, 0.25) is 15.8 Å². The summed E-state index contributed by atoms with van der Waals surface area (Å²) in [5, 5.41) is 0. The molecule has 1 aliphatic rings. The maximum absolute atomic E-state index is 13.6. The molecule has 1 heterocycles. The van der Waals surface area contributed by atoms with Crippen molar-refractivity contribution < 1.29 is 38.8 Å². The van der Waals surface area contributed by atoms with Gasteiger partial charge in [0.05, 0.1) is 11.5 Å². The maximum Gasteiger partial charge on any atom is 0.246 e. The third-order valence-corrected chi connectivity index (χ3v) is 7.15. The van der Waals surface area contributed by atoms with Gasteiger partial charge in [-0.2, -0.15) is 0 Å². The first-order valence-corrected chi connectivity index (χ1v) is 10.5. The lowest BCUT2D eigenvalue weighted by Crippen LogP contribution is -2.31. The summed E-state index contributed by atoms with van der Waals surface area (Å²) < 4.78 is 114. The summed E-state index contributed by atoms with van der Waals surface area (Å²) in [4.78, 5) is -1.94. The molecule has 0 bridgehead atoms. The molecule has 1 aromatic carbocycles. The molecular formula is C13H14F5NO4S2. The van der Waals surface area contributed by atoms with E-state index in [9.17, 15) is 38.8 Å². The number of nitrogens with one attached hydrogen (secondary N) is 1. The third kappa shape index (κ3) is 4.29. The molecule has 0 atom stereocenters. The molecule has 0 radical (unpaired) electrons. The van der Waals surface area contributed by atoms with Crippen LogP contribution in [0, 0.1) is 35.0 Å². The van der Waals surface area contributed by atoms with Crippen molar-refractivity contribution in [3.8, 4) is 0 Å². The largest absolute Gasteiger partial charge is 0.246 e. The highest BCUT2D eigenvalue weighted by atomic mass is 32.2. The van der Waals surface area contributed by atoms with E-state index < -0.39 is 53.8 Å². The highest BCUT2D eigenvalue weighted by Gasteiger charge is 2.33. The van der Waals surface area contributed by atoms with Crippen molar-refractivity contribution in [3.63, 3.8) is 0 Å². The molecule has 25 heavy (non-hydrogen) atoms. The quantitative estimate of drug-likeness (QED) is 0.459. The minimum Gasteiger partial charge on any atom is -0.229 e. The lowest BCUT2D eigenvalue weighted by atomic mass is 9.99. The van der Waals surface area contributed by atoms with E-state index in [0.29, 0.717) is 12.8 Å². The van der Waals surface area contributed by atoms with Crippen LogP contribution < -0.4 is 4.72 Å². The maximum atomic E-state index is 13.6. The van der Waals surface area contributed by atoms with Crippen LogP contribution in [0.1, 0.15) is 19.3 Å². The van der Waals surface area contributed by atoms with Crippen LogP contribution in [0.5, 0.6) is 0 Å². The monoisotopic (exact) mass is 407 g/mol. The Kier molecular flexibility index (Phi) is 5.74. The average molecular weight is 407 g/mol. The topological polar surface area (TPSA) is 80.3 Å². The van der Waals surface area contributed by atoms with Gasteiger partial charge < -0.3 is 0 Å². The van der Waals surface area contributed by atoms with Gasteiger partial charge in [0.1, 0.15) is 9.84 Å². The zero-order valence-corrected chi connectivity index (χ0v) is 14.3. The Hall–Kier alpha value is -1.27. The van der Waals surface area contributed by atoms with E-state index in [-0.39, 0.29) is 30.4 Å². The molecule has 2 rings (SSSR count). The molecule has 142 valence electrons. The number of sulfone groups is 1. The van der Waals surface area contributed by atoms with Crippen molar-refractivity contribution in [3.05, 3.63) is 29.1 Å². The molecule has 1 fully saturated rings. The fourth-order valence-electron chi connectivity index (χ4n) is 2.52. The minimum absolute atomic E-state index is 0.0396. The summed E-state index contributed by atoms with van der Waals surface area (Å²) in [5.74, 6) is -12.2. The number of hydrogen-bond donors (Lipinski definition) is 1. The standard InChI is InChI=1S/C13H14F5NO4S2/c14-8-9(15)11(17)13(12(18)10(8)16)25(22,23)19-4-1-7-2-5-24(20,21)6-3-7/h7,19H,1-6H2. The Morgan fingerprint density at radius 2 is 1.32 bits per heavy atom. The van der Waals surface area contributed by atoms with Gasteiger partial charge in [-0.05, 0) is 25.2 Å². The molecule has 1 N–H and O–H groups in total. The van der Waals surface area contributed by atoms with Crippen LogP contribution in [0.15, 0.2) is 4.90 Å². The number of benzene rings is 1. The Morgan fingerprint density at radius 3 is 1.80 bits per heavy atom. The Balaban J connectivity index is 2.11. The van der Waals surface area contributed by atoms with Crippen molar-refractivity contribution >= 4 is 19.9 Å². The van der Waals surface area contributed by atoms with Gasteiger partial charge in [-0.15, -0.1) is 0 Å². The predicted octanol–water partition coefficient (Wildman–Crippen LogP) is 1.88. The van der Waals surface area contributed by atoms with Gasteiger partial charge in [0.25, 0.3) is 0 Å². The zero-order chi connectivity index (χ0) is 19.0. The minimum atomic E-state index is -4.97. The van der Waals surface area contributed by atoms with Crippen LogP contribution in [-0.4, -0.2) is 34.9 Å². The first-order chi connectivity index (χ1) is 11.5. The van der Waals surface area contributed by atoms with E-state index in [4.69, 9.17) is 0 Å². The molecule has 0 saturated carbocycles. The van der Waals surface area contributed by atoms with Gasteiger partial charge in [-0.3, -0.25) is 0 Å². The van der Waals surface area contributed by atoms with Crippen molar-refractivity contribution in [2.45, 2.75) is 24.2 Å². The van der Waals surface area contributed by atoms with Crippen molar-refractivity contribution in [1.82, 2.24) is 4.72 Å². The van der Waals surface area contributed by atoms with Crippen LogP contribution in [0.4, 0.5) is 22.0 Å². The second kappa shape index (κ2) is 7.16. The number of sulfonamides is 1. The van der Waals surface area contributed by atoms with Crippen molar-refractivity contribution in [1.29, 1.82) is 0 Å². The first kappa shape index (κ1) is 20.0. The van der Waals surface area contributed by atoms with E-state index >= 15 is 0 Å². The molecule has 0 spiro atoms. The number of halogens is 5. The molecule has 5 nitrogen and oxygen atoms in total. The fraction of sp³-hybridized carbons (Fsp3) is 0.538. The second-order valence-corrected chi connectivity index (χ2v) is 9.69. The van der Waals surface area contributed by atoms with Crippen LogP contribution in [0.2, 0.25) is 0 Å². The van der Waals surface area contributed by atoms with E-state index in [1.54, 1.807) is 4.72 Å². The number of hydrogen-bond acceptors (Lipinski definition) is 4. The Labute approximate surface area is 141 Å². The van der Waals surface area contributed by atoms with Gasteiger partial charge in [-0.25, -0.2) is 43.5 Å². The van der Waals surface area contributed by atoms with Gasteiger partial charge >= 0.3 is 0 Å². The normalized spacial score (nSPS) is 18.4. The lowest BCUT2D eigenvalue weighted by molar-refractivity contribution is 0.357. The highest BCUT2D eigenvalue weighted by molar-refractivity contribution is 7.91. The van der Waals surface area contributed by atoms with Crippen molar-refractivity contribution in [2.75, 3.05) is 18.1 Å². The summed E-state index contributed by atoms with van der Waals surface area (Å²) in [5.41, 5.74) is 0. The molecule has 1 aromatic rings. The number of rotatable bonds is 5. The molecule has 0 unspecified atom stereocenters. The molecule has 0 aliphatic carbocycles. The predicted molar refractivity (Wildman–Crippen MR) is 77.4 cm³/mol. The molecule has 0 aromatic heterocycles. The smallest absolute Gasteiger partial charge is 0.229 e. The molecule has 12 heteroatoms.